The number of fused-ring (bicyclic) bond motifs is 1. The van der Waals surface area contributed by atoms with Crippen molar-refractivity contribution in [3.8, 4) is 11.1 Å². The second-order valence-corrected chi connectivity index (χ2v) is 8.29. The van der Waals surface area contributed by atoms with Gasteiger partial charge in [-0.15, -0.1) is 5.10 Å². The fourth-order valence-electron chi connectivity index (χ4n) is 3.07. The highest BCUT2D eigenvalue weighted by molar-refractivity contribution is 5.84. The van der Waals surface area contributed by atoms with Crippen LogP contribution in [0.15, 0.2) is 34.6 Å². The highest BCUT2D eigenvalue weighted by Crippen LogP contribution is 2.35. The summed E-state index contributed by atoms with van der Waals surface area (Å²) in [6.45, 7) is 13.9. The number of anilines is 1. The SMILES string of the molecule is CC.CCCF.CN=Nc1ccc(-c2c(F)cn3nc(N)nc(CC(C)(C)C)c23)cc1C. The molecule has 176 valence electrons. The topological polar surface area (TPSA) is 80.9 Å². The van der Waals surface area contributed by atoms with Gasteiger partial charge in [0.25, 0.3) is 0 Å². The van der Waals surface area contributed by atoms with Gasteiger partial charge in [-0.1, -0.05) is 47.6 Å². The third-order valence-electron chi connectivity index (χ3n) is 4.25. The van der Waals surface area contributed by atoms with Crippen molar-refractivity contribution in [3.63, 3.8) is 0 Å². The standard InChI is InChI=1S/C19H23FN6.C3H7F.C2H6/c1-11-8-12(6-7-14(11)24-22-5)16-13(20)10-26-17(16)15(9-19(2,3)4)23-18(21)25-26;1-2-3-4;1-2/h6-8,10H,9H2,1-5H3,(H2,21,25);2-3H2,1H3;1-2H3. The van der Waals surface area contributed by atoms with E-state index >= 15 is 0 Å². The smallest absolute Gasteiger partial charge is 0.238 e. The van der Waals surface area contributed by atoms with Crippen LogP contribution < -0.4 is 5.73 Å². The lowest BCUT2D eigenvalue weighted by molar-refractivity contribution is 0.407. The molecule has 3 aromatic rings. The van der Waals surface area contributed by atoms with E-state index in [1.165, 1.54) is 10.7 Å². The fraction of sp³-hybridized carbons (Fsp3) is 0.500. The van der Waals surface area contributed by atoms with Crippen LogP contribution in [0.1, 0.15) is 59.2 Å². The van der Waals surface area contributed by atoms with E-state index in [1.54, 1.807) is 14.0 Å². The average Bonchev–Trinajstić information content (AvgIpc) is 3.06. The van der Waals surface area contributed by atoms with Crippen LogP contribution >= 0.6 is 0 Å². The van der Waals surface area contributed by atoms with Gasteiger partial charge in [0.1, 0.15) is 0 Å². The largest absolute Gasteiger partial charge is 0.367 e. The van der Waals surface area contributed by atoms with Crippen LogP contribution in [-0.4, -0.2) is 28.3 Å². The van der Waals surface area contributed by atoms with Gasteiger partial charge < -0.3 is 5.73 Å². The maximum absolute atomic E-state index is 14.8. The van der Waals surface area contributed by atoms with Crippen LogP contribution in [0.25, 0.3) is 16.6 Å². The van der Waals surface area contributed by atoms with Crippen molar-refractivity contribution in [2.75, 3.05) is 19.5 Å². The molecule has 0 aliphatic rings. The normalized spacial score (nSPS) is 11.2. The number of halogens is 2. The van der Waals surface area contributed by atoms with E-state index in [2.05, 4.69) is 41.1 Å². The average molecular weight is 447 g/mol. The lowest BCUT2D eigenvalue weighted by Crippen LogP contribution is -2.14. The molecule has 0 unspecified atom stereocenters. The molecule has 0 atom stereocenters. The maximum atomic E-state index is 14.8. The molecule has 2 N–H and O–H groups in total. The van der Waals surface area contributed by atoms with Gasteiger partial charge in [0.05, 0.1) is 29.8 Å². The number of aromatic nitrogens is 3. The van der Waals surface area contributed by atoms with Crippen LogP contribution in [0, 0.1) is 18.2 Å². The van der Waals surface area contributed by atoms with Crippen LogP contribution in [0.5, 0.6) is 0 Å². The summed E-state index contributed by atoms with van der Waals surface area (Å²) in [7, 11) is 1.62. The van der Waals surface area contributed by atoms with Crippen molar-refractivity contribution in [2.45, 2.75) is 61.3 Å². The number of nitrogen functional groups attached to an aromatic ring is 1. The van der Waals surface area contributed by atoms with E-state index < -0.39 is 0 Å². The van der Waals surface area contributed by atoms with Crippen LogP contribution in [0.2, 0.25) is 0 Å². The molecule has 3 rings (SSSR count). The first-order chi connectivity index (χ1) is 15.1. The van der Waals surface area contributed by atoms with Crippen molar-refractivity contribution in [2.24, 2.45) is 15.6 Å². The molecule has 1 aromatic carbocycles. The second kappa shape index (κ2) is 12.2. The molecule has 0 amide bonds. The van der Waals surface area contributed by atoms with Gasteiger partial charge in [-0.2, -0.15) is 10.2 Å². The Kier molecular flexibility index (Phi) is 10.4. The summed E-state index contributed by atoms with van der Waals surface area (Å²) in [5, 5.41) is 12.0. The van der Waals surface area contributed by atoms with E-state index in [0.717, 1.165) is 22.5 Å². The predicted molar refractivity (Wildman–Crippen MR) is 129 cm³/mol. The highest BCUT2D eigenvalue weighted by atomic mass is 19.1. The van der Waals surface area contributed by atoms with Gasteiger partial charge in [0, 0.05) is 12.6 Å². The van der Waals surface area contributed by atoms with Gasteiger partial charge in [-0.25, -0.2) is 13.9 Å². The zero-order valence-corrected chi connectivity index (χ0v) is 20.5. The molecule has 2 heterocycles. The molecule has 0 spiro atoms. The number of aryl methyl sites for hydroxylation is 1. The molecular formula is C24H36F2N6. The van der Waals surface area contributed by atoms with E-state index in [4.69, 9.17) is 5.73 Å². The monoisotopic (exact) mass is 446 g/mol. The molecule has 0 aliphatic heterocycles. The van der Waals surface area contributed by atoms with Crippen LogP contribution in [0.3, 0.4) is 0 Å². The summed E-state index contributed by atoms with van der Waals surface area (Å²) in [5.74, 6) is -0.225. The number of benzene rings is 1. The Balaban J connectivity index is 0.000000769. The molecule has 0 aliphatic carbocycles. The lowest BCUT2D eigenvalue weighted by Gasteiger charge is -2.18. The number of azo groups is 1. The van der Waals surface area contributed by atoms with E-state index in [1.807, 2.05) is 39.0 Å². The van der Waals surface area contributed by atoms with E-state index in [9.17, 15) is 8.78 Å². The molecule has 2 aromatic heterocycles. The van der Waals surface area contributed by atoms with E-state index in [0.29, 0.717) is 23.9 Å². The van der Waals surface area contributed by atoms with Gasteiger partial charge in [-0.3, -0.25) is 4.39 Å². The zero-order chi connectivity index (χ0) is 24.5. The predicted octanol–water partition coefficient (Wildman–Crippen LogP) is 7.12. The van der Waals surface area contributed by atoms with Gasteiger partial charge in [0.15, 0.2) is 5.82 Å². The van der Waals surface area contributed by atoms with E-state index in [-0.39, 0.29) is 23.9 Å². The summed E-state index contributed by atoms with van der Waals surface area (Å²) in [5.41, 5.74) is 10.1. The minimum atomic E-state index is -0.357. The molecular weight excluding hydrogens is 410 g/mol. The third-order valence-corrected chi connectivity index (χ3v) is 4.25. The lowest BCUT2D eigenvalue weighted by atomic mass is 9.89. The Morgan fingerprint density at radius 1 is 1.19 bits per heavy atom. The van der Waals surface area contributed by atoms with Crippen molar-refractivity contribution in [1.82, 2.24) is 14.6 Å². The molecule has 32 heavy (non-hydrogen) atoms. The maximum Gasteiger partial charge on any atom is 0.238 e. The fourth-order valence-corrected chi connectivity index (χ4v) is 3.07. The molecule has 8 heteroatoms. The molecule has 6 nitrogen and oxygen atoms in total. The van der Waals surface area contributed by atoms with Crippen molar-refractivity contribution in [1.29, 1.82) is 0 Å². The summed E-state index contributed by atoms with van der Waals surface area (Å²) < 4.78 is 27.1. The first-order valence-electron chi connectivity index (χ1n) is 10.9. The molecule has 0 saturated heterocycles. The Morgan fingerprint density at radius 2 is 1.81 bits per heavy atom. The number of hydrogen-bond acceptors (Lipinski definition) is 5. The zero-order valence-electron chi connectivity index (χ0n) is 20.5. The molecule has 0 radical (unpaired) electrons. The second-order valence-electron chi connectivity index (χ2n) is 8.29. The number of alkyl halides is 1. The number of nitrogens with zero attached hydrogens (tertiary/aromatic N) is 5. The number of nitrogens with two attached hydrogens (primary N) is 1. The summed E-state index contributed by atoms with van der Waals surface area (Å²) in [6, 6.07) is 5.58. The van der Waals surface area contributed by atoms with Crippen LogP contribution in [0.4, 0.5) is 20.4 Å². The Bertz CT molecular complexity index is 1030. The van der Waals surface area contributed by atoms with Crippen LogP contribution in [-0.2, 0) is 6.42 Å². The first-order valence-corrected chi connectivity index (χ1v) is 10.9. The number of hydrogen-bond donors (Lipinski definition) is 1. The quantitative estimate of drug-likeness (QED) is 0.433. The molecule has 0 bridgehead atoms. The van der Waals surface area contributed by atoms with Gasteiger partial charge in [0.2, 0.25) is 5.95 Å². The minimum Gasteiger partial charge on any atom is -0.367 e. The third kappa shape index (κ3) is 7.07. The molecule has 0 fully saturated rings. The van der Waals surface area contributed by atoms with Crippen molar-refractivity contribution >= 4 is 17.2 Å². The summed E-state index contributed by atoms with van der Waals surface area (Å²) >= 11 is 0. The Morgan fingerprint density at radius 3 is 2.31 bits per heavy atom. The van der Waals surface area contributed by atoms with Crippen molar-refractivity contribution in [3.05, 3.63) is 41.5 Å². The minimum absolute atomic E-state index is 0.0272. The highest BCUT2D eigenvalue weighted by Gasteiger charge is 2.22. The van der Waals surface area contributed by atoms with Crippen molar-refractivity contribution < 1.29 is 8.78 Å². The summed E-state index contributed by atoms with van der Waals surface area (Å²) in [6.07, 6.45) is 2.66. The van der Waals surface area contributed by atoms with Gasteiger partial charge in [-0.05, 0) is 48.4 Å². The van der Waals surface area contributed by atoms with Gasteiger partial charge >= 0.3 is 0 Å². The molecule has 0 saturated carbocycles. The summed E-state index contributed by atoms with van der Waals surface area (Å²) in [4.78, 5) is 4.40. The Hall–Kier alpha value is -2.90. The number of rotatable bonds is 4. The Labute approximate surface area is 190 Å². The first kappa shape index (κ1) is 27.1.